The van der Waals surface area contributed by atoms with Gasteiger partial charge in [-0.1, -0.05) is 36.4 Å². The lowest BCUT2D eigenvalue weighted by molar-refractivity contribution is -0.121. The first kappa shape index (κ1) is 21.8. The van der Waals surface area contributed by atoms with Crippen molar-refractivity contribution in [2.24, 2.45) is 5.92 Å². The number of anilines is 2. The molecule has 0 spiro atoms. The third-order valence-electron chi connectivity index (χ3n) is 6.05. The molecule has 2 amide bonds. The number of carbonyl (C=O) groups is 2. The minimum atomic E-state index is -0.0465. The molecule has 0 bridgehead atoms. The number of aryl methyl sites for hydroxylation is 1. The summed E-state index contributed by atoms with van der Waals surface area (Å²) in [5.41, 5.74) is 2.60. The van der Waals surface area contributed by atoms with Gasteiger partial charge in [0.15, 0.2) is 0 Å². The number of likely N-dealkylation sites (tertiary alicyclic amines) is 1. The van der Waals surface area contributed by atoms with Gasteiger partial charge in [-0.2, -0.15) is 0 Å². The Kier molecular flexibility index (Phi) is 6.71. The van der Waals surface area contributed by atoms with Crippen LogP contribution in [-0.2, 0) is 9.59 Å². The fourth-order valence-electron chi connectivity index (χ4n) is 4.28. The molecule has 1 heterocycles. The monoisotopic (exact) mass is 431 g/mol. The van der Waals surface area contributed by atoms with Gasteiger partial charge < -0.3 is 15.4 Å². The summed E-state index contributed by atoms with van der Waals surface area (Å²) in [5.74, 6) is 0.764. The second kappa shape index (κ2) is 9.83. The van der Waals surface area contributed by atoms with Crippen molar-refractivity contribution in [1.82, 2.24) is 4.90 Å². The number of nitrogens with zero attached hydrogens (tertiary/aromatic N) is 1. The first-order chi connectivity index (χ1) is 15.5. The Morgan fingerprint density at radius 1 is 1.00 bits per heavy atom. The Morgan fingerprint density at radius 3 is 2.50 bits per heavy atom. The van der Waals surface area contributed by atoms with Gasteiger partial charge in [-0.05, 0) is 68.1 Å². The van der Waals surface area contributed by atoms with Crippen molar-refractivity contribution < 1.29 is 14.3 Å². The fourth-order valence-corrected chi connectivity index (χ4v) is 4.28. The molecule has 0 aromatic heterocycles. The van der Waals surface area contributed by atoms with Crippen LogP contribution in [0.3, 0.4) is 0 Å². The highest BCUT2D eigenvalue weighted by Gasteiger charge is 2.26. The molecule has 2 N–H and O–H groups in total. The molecular weight excluding hydrogens is 402 g/mol. The van der Waals surface area contributed by atoms with Crippen LogP contribution in [0.15, 0.2) is 60.7 Å². The molecule has 1 aliphatic heterocycles. The van der Waals surface area contributed by atoms with Gasteiger partial charge in [-0.15, -0.1) is 0 Å². The van der Waals surface area contributed by atoms with Gasteiger partial charge >= 0.3 is 0 Å². The first-order valence-electron chi connectivity index (χ1n) is 11.0. The maximum absolute atomic E-state index is 12.7. The largest absolute Gasteiger partial charge is 0.496 e. The van der Waals surface area contributed by atoms with E-state index < -0.39 is 0 Å². The minimum Gasteiger partial charge on any atom is -0.496 e. The standard InChI is InChI=1S/C26H29N3O3/c1-18-16-21(10-11-24(18)32-2)27-26(31)20-12-14-29(15-13-20)17-25(30)28-23-9-5-7-19-6-3-4-8-22(19)23/h3-11,16,20H,12-15,17H2,1-2H3,(H,27,31)(H,28,30). The molecule has 0 aliphatic carbocycles. The zero-order valence-electron chi connectivity index (χ0n) is 18.6. The van der Waals surface area contributed by atoms with E-state index >= 15 is 0 Å². The molecule has 1 fully saturated rings. The molecule has 1 aliphatic rings. The SMILES string of the molecule is COc1ccc(NC(=O)C2CCN(CC(=O)Nc3cccc4ccccc34)CC2)cc1C. The van der Waals surface area contributed by atoms with E-state index in [1.165, 1.54) is 0 Å². The summed E-state index contributed by atoms with van der Waals surface area (Å²) < 4.78 is 5.27. The minimum absolute atomic E-state index is 0.0297. The lowest BCUT2D eigenvalue weighted by Crippen LogP contribution is -2.41. The van der Waals surface area contributed by atoms with Crippen molar-refractivity contribution in [3.63, 3.8) is 0 Å². The second-order valence-corrected chi connectivity index (χ2v) is 8.30. The number of nitrogens with one attached hydrogen (secondary N) is 2. The van der Waals surface area contributed by atoms with E-state index in [2.05, 4.69) is 15.5 Å². The van der Waals surface area contributed by atoms with Crippen LogP contribution in [0.4, 0.5) is 11.4 Å². The summed E-state index contributed by atoms with van der Waals surface area (Å²) >= 11 is 0. The Bertz CT molecular complexity index is 1120. The van der Waals surface area contributed by atoms with Gasteiger partial charge in [0.05, 0.1) is 13.7 Å². The predicted molar refractivity (Wildman–Crippen MR) is 128 cm³/mol. The summed E-state index contributed by atoms with van der Waals surface area (Å²) in [4.78, 5) is 27.4. The molecule has 6 nitrogen and oxygen atoms in total. The number of benzene rings is 3. The van der Waals surface area contributed by atoms with E-state index in [-0.39, 0.29) is 17.7 Å². The van der Waals surface area contributed by atoms with Crippen LogP contribution >= 0.6 is 0 Å². The molecular formula is C26H29N3O3. The van der Waals surface area contributed by atoms with E-state index in [0.29, 0.717) is 6.54 Å². The Morgan fingerprint density at radius 2 is 1.75 bits per heavy atom. The number of methoxy groups -OCH3 is 1. The number of amides is 2. The third-order valence-corrected chi connectivity index (χ3v) is 6.05. The number of rotatable bonds is 6. The summed E-state index contributed by atoms with van der Waals surface area (Å²) in [6.45, 7) is 3.73. The van der Waals surface area contributed by atoms with Gasteiger partial charge in [0.25, 0.3) is 0 Å². The summed E-state index contributed by atoms with van der Waals surface area (Å²) in [6, 6.07) is 19.6. The van der Waals surface area contributed by atoms with E-state index in [1.807, 2.05) is 67.6 Å². The van der Waals surface area contributed by atoms with E-state index in [4.69, 9.17) is 4.74 Å². The van der Waals surface area contributed by atoms with Crippen molar-refractivity contribution in [3.8, 4) is 5.75 Å². The quantitative estimate of drug-likeness (QED) is 0.605. The van der Waals surface area contributed by atoms with E-state index in [9.17, 15) is 9.59 Å². The van der Waals surface area contributed by atoms with Crippen molar-refractivity contribution in [2.45, 2.75) is 19.8 Å². The highest BCUT2D eigenvalue weighted by atomic mass is 16.5. The molecule has 3 aromatic rings. The van der Waals surface area contributed by atoms with Crippen LogP contribution in [0.25, 0.3) is 10.8 Å². The molecule has 166 valence electrons. The normalized spacial score (nSPS) is 14.8. The number of piperidine rings is 1. The number of hydrogen-bond donors (Lipinski definition) is 2. The van der Waals surface area contributed by atoms with Crippen LogP contribution in [0.1, 0.15) is 18.4 Å². The number of carbonyl (C=O) groups excluding carboxylic acids is 2. The lowest BCUT2D eigenvalue weighted by Gasteiger charge is -2.30. The van der Waals surface area contributed by atoms with Crippen LogP contribution in [0, 0.1) is 12.8 Å². The fraction of sp³-hybridized carbons (Fsp3) is 0.308. The zero-order valence-corrected chi connectivity index (χ0v) is 18.6. The average molecular weight is 432 g/mol. The average Bonchev–Trinajstić information content (AvgIpc) is 2.80. The van der Waals surface area contributed by atoms with Crippen molar-refractivity contribution in [3.05, 3.63) is 66.2 Å². The maximum atomic E-state index is 12.7. The van der Waals surface area contributed by atoms with Crippen molar-refractivity contribution in [2.75, 3.05) is 37.4 Å². The molecule has 0 radical (unpaired) electrons. The summed E-state index contributed by atoms with van der Waals surface area (Å²) in [6.07, 6.45) is 1.48. The van der Waals surface area contributed by atoms with Gasteiger partial charge in [-0.25, -0.2) is 0 Å². The van der Waals surface area contributed by atoms with E-state index in [1.54, 1.807) is 7.11 Å². The molecule has 32 heavy (non-hydrogen) atoms. The molecule has 0 unspecified atom stereocenters. The highest BCUT2D eigenvalue weighted by Crippen LogP contribution is 2.25. The molecule has 1 saturated heterocycles. The third kappa shape index (κ3) is 5.08. The Labute approximate surface area is 188 Å². The molecule has 0 saturated carbocycles. The molecule has 4 rings (SSSR count). The first-order valence-corrected chi connectivity index (χ1v) is 11.0. The van der Waals surface area contributed by atoms with Gasteiger partial charge in [0.2, 0.25) is 11.8 Å². The van der Waals surface area contributed by atoms with Gasteiger partial charge in [-0.3, -0.25) is 14.5 Å². The molecule has 3 aromatic carbocycles. The van der Waals surface area contributed by atoms with Gasteiger partial charge in [0.1, 0.15) is 5.75 Å². The lowest BCUT2D eigenvalue weighted by atomic mass is 9.95. The van der Waals surface area contributed by atoms with E-state index in [0.717, 1.165) is 59.4 Å². The maximum Gasteiger partial charge on any atom is 0.238 e. The number of ether oxygens (including phenoxy) is 1. The van der Waals surface area contributed by atoms with Crippen LogP contribution in [0.2, 0.25) is 0 Å². The second-order valence-electron chi connectivity index (χ2n) is 8.30. The van der Waals surface area contributed by atoms with Crippen LogP contribution < -0.4 is 15.4 Å². The zero-order chi connectivity index (χ0) is 22.5. The Balaban J connectivity index is 1.27. The smallest absolute Gasteiger partial charge is 0.238 e. The van der Waals surface area contributed by atoms with Gasteiger partial charge in [0, 0.05) is 22.7 Å². The molecule has 6 heteroatoms. The van der Waals surface area contributed by atoms with Crippen molar-refractivity contribution in [1.29, 1.82) is 0 Å². The summed E-state index contributed by atoms with van der Waals surface area (Å²) in [5, 5.41) is 8.20. The van der Waals surface area contributed by atoms with Crippen LogP contribution in [-0.4, -0.2) is 43.5 Å². The topological polar surface area (TPSA) is 70.7 Å². The van der Waals surface area contributed by atoms with Crippen LogP contribution in [0.5, 0.6) is 5.75 Å². The number of hydrogen-bond acceptors (Lipinski definition) is 4. The Hall–Kier alpha value is -3.38. The van der Waals surface area contributed by atoms with Crippen molar-refractivity contribution >= 4 is 34.0 Å². The predicted octanol–water partition coefficient (Wildman–Crippen LogP) is 4.45. The summed E-state index contributed by atoms with van der Waals surface area (Å²) in [7, 11) is 1.64. The molecule has 0 atom stereocenters. The highest BCUT2D eigenvalue weighted by molar-refractivity contribution is 6.02. The number of fused-ring (bicyclic) bond motifs is 1.